The lowest BCUT2D eigenvalue weighted by Gasteiger charge is -2.13. The molecule has 0 heterocycles. The first-order valence-corrected chi connectivity index (χ1v) is 8.08. The van der Waals surface area contributed by atoms with Crippen molar-refractivity contribution in [2.24, 2.45) is 0 Å². The molecule has 0 bridgehead atoms. The molecule has 3 N–H and O–H groups in total. The van der Waals surface area contributed by atoms with Gasteiger partial charge in [0.2, 0.25) is 0 Å². The summed E-state index contributed by atoms with van der Waals surface area (Å²) in [4.78, 5) is 22.6. The predicted molar refractivity (Wildman–Crippen MR) is 91.2 cm³/mol. The molecule has 0 aliphatic heterocycles. The van der Waals surface area contributed by atoms with Gasteiger partial charge in [-0.3, -0.25) is 10.6 Å². The van der Waals surface area contributed by atoms with Crippen molar-refractivity contribution in [2.75, 3.05) is 17.2 Å². The molecule has 0 radical (unpaired) electrons. The summed E-state index contributed by atoms with van der Waals surface area (Å²) >= 11 is 0. The van der Waals surface area contributed by atoms with Gasteiger partial charge in [0.1, 0.15) is 0 Å². The van der Waals surface area contributed by atoms with E-state index >= 15 is 0 Å². The van der Waals surface area contributed by atoms with E-state index in [1.165, 1.54) is 19.3 Å². The highest BCUT2D eigenvalue weighted by atomic mass is 16.5. The number of ether oxygens (including phenoxy) is 1. The molecule has 0 aliphatic rings. The zero-order chi connectivity index (χ0) is 17.1. The largest absolute Gasteiger partial charge is 0.465 e. The third-order valence-electron chi connectivity index (χ3n) is 3.47. The Hall–Kier alpha value is -2.24. The average molecular weight is 322 g/mol. The first kappa shape index (κ1) is 18.8. The van der Waals surface area contributed by atoms with Crippen LogP contribution in [0.4, 0.5) is 21.0 Å². The fraction of sp³-hybridized carbons (Fsp3) is 0.529. The molecule has 1 rings (SSSR count). The van der Waals surface area contributed by atoms with Gasteiger partial charge in [-0.05, 0) is 25.0 Å². The molecular weight excluding hydrogens is 296 g/mol. The predicted octanol–water partition coefficient (Wildman–Crippen LogP) is 4.99. The number of carboxylic acid groups (broad SMARTS) is 1. The second kappa shape index (κ2) is 10.5. The van der Waals surface area contributed by atoms with Crippen LogP contribution in [0, 0.1) is 6.92 Å². The van der Waals surface area contributed by atoms with Crippen LogP contribution in [0.15, 0.2) is 18.2 Å². The normalized spacial score (nSPS) is 10.2. The minimum atomic E-state index is -1.18. The molecule has 128 valence electrons. The summed E-state index contributed by atoms with van der Waals surface area (Å²) in [5, 5.41) is 13.7. The van der Waals surface area contributed by atoms with Gasteiger partial charge in [-0.1, -0.05) is 51.2 Å². The number of amides is 2. The smallest absolute Gasteiger partial charge is 0.411 e. The first-order valence-electron chi connectivity index (χ1n) is 8.08. The Labute approximate surface area is 137 Å². The quantitative estimate of drug-likeness (QED) is 0.559. The van der Waals surface area contributed by atoms with Crippen molar-refractivity contribution >= 4 is 23.6 Å². The van der Waals surface area contributed by atoms with E-state index in [1.807, 2.05) is 0 Å². The minimum Gasteiger partial charge on any atom is -0.465 e. The van der Waals surface area contributed by atoms with Gasteiger partial charge in [0.15, 0.2) is 0 Å². The zero-order valence-electron chi connectivity index (χ0n) is 13.9. The second-order valence-corrected chi connectivity index (χ2v) is 5.46. The lowest BCUT2D eigenvalue weighted by atomic mass is 10.1. The maximum Gasteiger partial charge on any atom is 0.411 e. The highest BCUT2D eigenvalue weighted by Crippen LogP contribution is 2.25. The molecule has 0 unspecified atom stereocenters. The molecule has 0 spiro atoms. The first-order chi connectivity index (χ1) is 11.0. The number of unbranched alkanes of at least 4 members (excludes halogenated alkanes) is 5. The van der Waals surface area contributed by atoms with Crippen molar-refractivity contribution in [3.63, 3.8) is 0 Å². The summed E-state index contributed by atoms with van der Waals surface area (Å²) in [7, 11) is 0. The van der Waals surface area contributed by atoms with Gasteiger partial charge in [0, 0.05) is 0 Å². The van der Waals surface area contributed by atoms with Crippen LogP contribution in [0.3, 0.4) is 0 Å². The molecule has 0 aromatic heterocycles. The third-order valence-corrected chi connectivity index (χ3v) is 3.47. The van der Waals surface area contributed by atoms with Crippen LogP contribution in [-0.4, -0.2) is 23.9 Å². The van der Waals surface area contributed by atoms with Gasteiger partial charge >= 0.3 is 12.2 Å². The van der Waals surface area contributed by atoms with Gasteiger partial charge in [-0.25, -0.2) is 9.59 Å². The molecule has 1 aromatic carbocycles. The van der Waals surface area contributed by atoms with Crippen LogP contribution in [0.5, 0.6) is 0 Å². The van der Waals surface area contributed by atoms with E-state index < -0.39 is 12.2 Å². The van der Waals surface area contributed by atoms with Crippen LogP contribution in [0.1, 0.15) is 51.0 Å². The maximum atomic E-state index is 11.8. The fourth-order valence-electron chi connectivity index (χ4n) is 2.24. The van der Waals surface area contributed by atoms with Gasteiger partial charge in [0.25, 0.3) is 0 Å². The van der Waals surface area contributed by atoms with Gasteiger partial charge in [0.05, 0.1) is 18.0 Å². The van der Waals surface area contributed by atoms with Crippen molar-refractivity contribution in [3.8, 4) is 0 Å². The number of carbonyl (C=O) groups is 2. The van der Waals surface area contributed by atoms with E-state index in [-0.39, 0.29) is 0 Å². The van der Waals surface area contributed by atoms with E-state index in [1.54, 1.807) is 25.1 Å². The standard InChI is InChI=1S/C17H26N2O4/c1-3-4-5-6-7-8-12-23-17(22)19-15-13(2)10-9-11-14(15)18-16(20)21/h9-11,18H,3-8,12H2,1-2H3,(H,19,22)(H,20,21). The Kier molecular flexibility index (Phi) is 8.57. The number of carbonyl (C=O) groups excluding carboxylic acids is 1. The Morgan fingerprint density at radius 3 is 2.48 bits per heavy atom. The van der Waals surface area contributed by atoms with E-state index in [4.69, 9.17) is 9.84 Å². The van der Waals surface area contributed by atoms with Gasteiger partial charge < -0.3 is 9.84 Å². The minimum absolute atomic E-state index is 0.328. The Balaban J connectivity index is 2.40. The molecule has 0 aliphatic carbocycles. The molecule has 6 heteroatoms. The topological polar surface area (TPSA) is 87.7 Å². The highest BCUT2D eigenvalue weighted by molar-refractivity contribution is 5.95. The third kappa shape index (κ3) is 7.54. The zero-order valence-corrected chi connectivity index (χ0v) is 13.9. The summed E-state index contributed by atoms with van der Waals surface area (Å²) in [6.07, 6.45) is 4.96. The van der Waals surface area contributed by atoms with Crippen LogP contribution in [0.25, 0.3) is 0 Å². The van der Waals surface area contributed by atoms with Crippen LogP contribution in [-0.2, 0) is 4.74 Å². The number of benzene rings is 1. The summed E-state index contributed by atoms with van der Waals surface area (Å²) in [5.41, 5.74) is 1.50. The number of hydrogen-bond donors (Lipinski definition) is 3. The number of aryl methyl sites for hydroxylation is 1. The Morgan fingerprint density at radius 2 is 1.78 bits per heavy atom. The second-order valence-electron chi connectivity index (χ2n) is 5.46. The van der Waals surface area contributed by atoms with E-state index in [0.29, 0.717) is 18.0 Å². The van der Waals surface area contributed by atoms with E-state index in [2.05, 4.69) is 17.6 Å². The van der Waals surface area contributed by atoms with Crippen molar-refractivity contribution in [2.45, 2.75) is 52.4 Å². The highest BCUT2D eigenvalue weighted by Gasteiger charge is 2.11. The molecule has 23 heavy (non-hydrogen) atoms. The molecule has 0 saturated carbocycles. The molecule has 0 fully saturated rings. The molecule has 0 saturated heterocycles. The Morgan fingerprint density at radius 1 is 1.09 bits per heavy atom. The van der Waals surface area contributed by atoms with E-state index in [0.717, 1.165) is 24.8 Å². The van der Waals surface area contributed by atoms with Crippen LogP contribution >= 0.6 is 0 Å². The number of para-hydroxylation sites is 1. The summed E-state index contributed by atoms with van der Waals surface area (Å²) < 4.78 is 5.14. The molecule has 2 amide bonds. The summed E-state index contributed by atoms with van der Waals surface area (Å²) in [6, 6.07) is 5.09. The van der Waals surface area contributed by atoms with Crippen molar-refractivity contribution < 1.29 is 19.4 Å². The van der Waals surface area contributed by atoms with Gasteiger partial charge in [-0.15, -0.1) is 0 Å². The number of nitrogens with one attached hydrogen (secondary N) is 2. The average Bonchev–Trinajstić information content (AvgIpc) is 2.49. The molecule has 1 aromatic rings. The SMILES string of the molecule is CCCCCCCCOC(=O)Nc1c(C)cccc1NC(=O)O. The number of rotatable bonds is 9. The van der Waals surface area contributed by atoms with Crippen LogP contribution < -0.4 is 10.6 Å². The number of hydrogen-bond acceptors (Lipinski definition) is 3. The monoisotopic (exact) mass is 322 g/mol. The van der Waals surface area contributed by atoms with E-state index in [9.17, 15) is 9.59 Å². The van der Waals surface area contributed by atoms with Gasteiger partial charge in [-0.2, -0.15) is 0 Å². The van der Waals surface area contributed by atoms with Crippen molar-refractivity contribution in [1.29, 1.82) is 0 Å². The molecule has 6 nitrogen and oxygen atoms in total. The van der Waals surface area contributed by atoms with Crippen LogP contribution in [0.2, 0.25) is 0 Å². The Bertz CT molecular complexity index is 517. The summed E-state index contributed by atoms with van der Waals surface area (Å²) in [6.45, 7) is 4.33. The lowest BCUT2D eigenvalue weighted by Crippen LogP contribution is -2.17. The molecular formula is C17H26N2O4. The van der Waals surface area contributed by atoms with Crippen molar-refractivity contribution in [1.82, 2.24) is 0 Å². The van der Waals surface area contributed by atoms with Crippen molar-refractivity contribution in [3.05, 3.63) is 23.8 Å². The number of anilines is 2. The lowest BCUT2D eigenvalue weighted by molar-refractivity contribution is 0.159. The maximum absolute atomic E-state index is 11.8. The fourth-order valence-corrected chi connectivity index (χ4v) is 2.24. The molecule has 0 atom stereocenters. The summed E-state index contributed by atoms with van der Waals surface area (Å²) in [5.74, 6) is 0.